The first-order chi connectivity index (χ1) is 10.8. The Balaban J connectivity index is 1.81. The third-order valence-corrected chi connectivity index (χ3v) is 4.22. The van der Waals surface area contributed by atoms with Crippen LogP contribution >= 0.6 is 11.6 Å². The van der Waals surface area contributed by atoms with Crippen molar-refractivity contribution in [3.63, 3.8) is 0 Å². The number of alkyl halides is 3. The van der Waals surface area contributed by atoms with Crippen LogP contribution in [0.1, 0.15) is 41.7 Å². The van der Waals surface area contributed by atoms with Gasteiger partial charge in [0.2, 0.25) is 5.89 Å². The molecule has 7 heteroatoms. The Bertz CT molecular complexity index is 695. The van der Waals surface area contributed by atoms with Gasteiger partial charge in [0.05, 0.1) is 23.3 Å². The van der Waals surface area contributed by atoms with E-state index in [1.54, 1.807) is 19.2 Å². The summed E-state index contributed by atoms with van der Waals surface area (Å²) in [4.78, 5) is 4.10. The van der Waals surface area contributed by atoms with Gasteiger partial charge in [-0.2, -0.15) is 13.2 Å². The SMILES string of the molecule is Cc1cnc(CNC(c2ccc(Cl)c(C(F)(F)F)c2)C2CC2)o1. The van der Waals surface area contributed by atoms with Crippen LogP contribution in [-0.2, 0) is 12.7 Å². The van der Waals surface area contributed by atoms with Gasteiger partial charge in [-0.1, -0.05) is 17.7 Å². The summed E-state index contributed by atoms with van der Waals surface area (Å²) in [7, 11) is 0. The maximum atomic E-state index is 13.0. The second-order valence-electron chi connectivity index (χ2n) is 5.80. The van der Waals surface area contributed by atoms with E-state index in [2.05, 4.69) is 10.3 Å². The van der Waals surface area contributed by atoms with Crippen LogP contribution in [0.25, 0.3) is 0 Å². The molecule has 0 amide bonds. The van der Waals surface area contributed by atoms with Crippen LogP contribution in [0.3, 0.4) is 0 Å². The van der Waals surface area contributed by atoms with Gasteiger partial charge in [-0.25, -0.2) is 4.98 Å². The topological polar surface area (TPSA) is 38.1 Å². The minimum Gasteiger partial charge on any atom is -0.445 e. The van der Waals surface area contributed by atoms with Gasteiger partial charge in [0.15, 0.2) is 0 Å². The van der Waals surface area contributed by atoms with Crippen LogP contribution in [0.15, 0.2) is 28.8 Å². The zero-order chi connectivity index (χ0) is 16.6. The van der Waals surface area contributed by atoms with Gasteiger partial charge in [0.25, 0.3) is 0 Å². The number of halogens is 4. The fourth-order valence-corrected chi connectivity index (χ4v) is 2.84. The summed E-state index contributed by atoms with van der Waals surface area (Å²) in [5.74, 6) is 1.56. The number of hydrogen-bond acceptors (Lipinski definition) is 3. The molecule has 23 heavy (non-hydrogen) atoms. The van der Waals surface area contributed by atoms with Crippen molar-refractivity contribution in [3.05, 3.63) is 52.2 Å². The molecule has 2 aromatic rings. The summed E-state index contributed by atoms with van der Waals surface area (Å²) in [6.07, 6.45) is -0.855. The number of nitrogens with zero attached hydrogens (tertiary/aromatic N) is 1. The molecule has 0 bridgehead atoms. The predicted octanol–water partition coefficient (Wildman–Crippen LogP) is 4.90. The van der Waals surface area contributed by atoms with Crippen LogP contribution in [0, 0.1) is 12.8 Å². The minimum atomic E-state index is -4.46. The predicted molar refractivity (Wildman–Crippen MR) is 80.0 cm³/mol. The zero-order valence-electron chi connectivity index (χ0n) is 12.5. The highest BCUT2D eigenvalue weighted by Gasteiger charge is 2.36. The molecule has 1 atom stereocenters. The molecular weight excluding hydrogens is 329 g/mol. The quantitative estimate of drug-likeness (QED) is 0.838. The van der Waals surface area contributed by atoms with Crippen molar-refractivity contribution in [2.24, 2.45) is 5.92 Å². The van der Waals surface area contributed by atoms with Crippen molar-refractivity contribution in [1.29, 1.82) is 0 Å². The first-order valence-corrected chi connectivity index (χ1v) is 7.73. The summed E-state index contributed by atoms with van der Waals surface area (Å²) in [5, 5.41) is 2.98. The molecule has 0 saturated heterocycles. The molecule has 1 saturated carbocycles. The lowest BCUT2D eigenvalue weighted by Crippen LogP contribution is -2.23. The Morgan fingerprint density at radius 3 is 2.70 bits per heavy atom. The van der Waals surface area contributed by atoms with Crippen LogP contribution in [-0.4, -0.2) is 4.98 Å². The number of benzene rings is 1. The Kier molecular flexibility index (Phi) is 4.38. The highest BCUT2D eigenvalue weighted by atomic mass is 35.5. The van der Waals surface area contributed by atoms with Crippen molar-refractivity contribution >= 4 is 11.6 Å². The van der Waals surface area contributed by atoms with Crippen LogP contribution < -0.4 is 5.32 Å². The molecule has 1 heterocycles. The second kappa shape index (κ2) is 6.17. The van der Waals surface area contributed by atoms with E-state index in [4.69, 9.17) is 16.0 Å². The largest absolute Gasteiger partial charge is 0.445 e. The summed E-state index contributed by atoms with van der Waals surface area (Å²) in [5.41, 5.74) is -0.205. The summed E-state index contributed by atoms with van der Waals surface area (Å²) in [6.45, 7) is 2.17. The molecule has 1 fully saturated rings. The molecule has 124 valence electrons. The number of aryl methyl sites for hydroxylation is 1. The Morgan fingerprint density at radius 2 is 2.13 bits per heavy atom. The molecular formula is C16H16ClF3N2O. The second-order valence-corrected chi connectivity index (χ2v) is 6.20. The van der Waals surface area contributed by atoms with Crippen molar-refractivity contribution in [2.75, 3.05) is 0 Å². The van der Waals surface area contributed by atoms with E-state index in [9.17, 15) is 13.2 Å². The van der Waals surface area contributed by atoms with Gasteiger partial charge in [0, 0.05) is 6.04 Å². The average molecular weight is 345 g/mol. The maximum Gasteiger partial charge on any atom is 0.417 e. The van der Waals surface area contributed by atoms with Gasteiger partial charge < -0.3 is 9.73 Å². The zero-order valence-corrected chi connectivity index (χ0v) is 13.2. The molecule has 1 aromatic carbocycles. The highest BCUT2D eigenvalue weighted by molar-refractivity contribution is 6.31. The van der Waals surface area contributed by atoms with E-state index in [0.717, 1.165) is 18.9 Å². The van der Waals surface area contributed by atoms with Gasteiger partial charge >= 0.3 is 6.18 Å². The highest BCUT2D eigenvalue weighted by Crippen LogP contribution is 2.43. The lowest BCUT2D eigenvalue weighted by Gasteiger charge is -2.20. The number of oxazole rings is 1. The Morgan fingerprint density at radius 1 is 1.39 bits per heavy atom. The fourth-order valence-electron chi connectivity index (χ4n) is 2.62. The first-order valence-electron chi connectivity index (χ1n) is 7.36. The van der Waals surface area contributed by atoms with Crippen molar-refractivity contribution < 1.29 is 17.6 Å². The Hall–Kier alpha value is -1.53. The van der Waals surface area contributed by atoms with Crippen LogP contribution in [0.2, 0.25) is 5.02 Å². The van der Waals surface area contributed by atoms with Crippen LogP contribution in [0.5, 0.6) is 0 Å². The van der Waals surface area contributed by atoms with Crippen molar-refractivity contribution in [3.8, 4) is 0 Å². The number of aromatic nitrogens is 1. The van der Waals surface area contributed by atoms with Crippen molar-refractivity contribution in [2.45, 2.75) is 38.5 Å². The van der Waals surface area contributed by atoms with Gasteiger partial charge in [-0.05, 0) is 43.4 Å². The van der Waals surface area contributed by atoms with Crippen molar-refractivity contribution in [1.82, 2.24) is 10.3 Å². The third kappa shape index (κ3) is 3.87. The lowest BCUT2D eigenvalue weighted by molar-refractivity contribution is -0.137. The smallest absolute Gasteiger partial charge is 0.417 e. The monoisotopic (exact) mass is 344 g/mol. The summed E-state index contributed by atoms with van der Waals surface area (Å²) in [6, 6.07) is 3.93. The van der Waals surface area contributed by atoms with E-state index < -0.39 is 11.7 Å². The third-order valence-electron chi connectivity index (χ3n) is 3.89. The van der Waals surface area contributed by atoms with Gasteiger partial charge in [-0.3, -0.25) is 0 Å². The molecule has 1 N–H and O–H groups in total. The summed E-state index contributed by atoms with van der Waals surface area (Å²) >= 11 is 5.69. The number of rotatable bonds is 5. The molecule has 1 aliphatic rings. The lowest BCUT2D eigenvalue weighted by atomic mass is 9.99. The normalized spacial score (nSPS) is 16.6. The van der Waals surface area contributed by atoms with E-state index in [0.29, 0.717) is 29.7 Å². The van der Waals surface area contributed by atoms with E-state index in [1.165, 1.54) is 6.07 Å². The van der Waals surface area contributed by atoms with Crippen LogP contribution in [0.4, 0.5) is 13.2 Å². The average Bonchev–Trinajstić information content (AvgIpc) is 3.22. The number of nitrogens with one attached hydrogen (secondary N) is 1. The Labute approximate surface area is 136 Å². The van der Waals surface area contributed by atoms with E-state index in [1.807, 2.05) is 0 Å². The van der Waals surface area contributed by atoms with E-state index in [-0.39, 0.29) is 11.1 Å². The van der Waals surface area contributed by atoms with Gasteiger partial charge in [0.1, 0.15) is 5.76 Å². The molecule has 0 radical (unpaired) electrons. The van der Waals surface area contributed by atoms with E-state index >= 15 is 0 Å². The molecule has 1 aliphatic carbocycles. The van der Waals surface area contributed by atoms with Gasteiger partial charge in [-0.15, -0.1) is 0 Å². The maximum absolute atomic E-state index is 13.0. The summed E-state index contributed by atoms with van der Waals surface area (Å²) < 4.78 is 44.5. The fraction of sp³-hybridized carbons (Fsp3) is 0.438. The molecule has 1 aromatic heterocycles. The molecule has 0 spiro atoms. The first kappa shape index (κ1) is 16.3. The molecule has 3 nitrogen and oxygen atoms in total. The molecule has 1 unspecified atom stereocenters. The standard InChI is InChI=1S/C16H16ClF3N2O/c1-9-7-21-14(23-9)8-22-15(10-2-3-10)11-4-5-13(17)12(6-11)16(18,19)20/h4-7,10,15,22H,2-3,8H2,1H3. The minimum absolute atomic E-state index is 0.166. The number of hydrogen-bond donors (Lipinski definition) is 1. The molecule has 3 rings (SSSR count). The molecule has 0 aliphatic heterocycles.